The summed E-state index contributed by atoms with van der Waals surface area (Å²) in [5.41, 5.74) is 4.76. The first-order valence-electron chi connectivity index (χ1n) is 6.31. The predicted octanol–water partition coefficient (Wildman–Crippen LogP) is 4.09. The van der Waals surface area contributed by atoms with Crippen molar-refractivity contribution in [2.45, 2.75) is 13.0 Å². The lowest BCUT2D eigenvalue weighted by Crippen LogP contribution is -2.09. The van der Waals surface area contributed by atoms with E-state index in [0.717, 1.165) is 34.9 Å². The Kier molecular flexibility index (Phi) is 3.45. The van der Waals surface area contributed by atoms with Crippen LogP contribution in [0.4, 0.5) is 0 Å². The van der Waals surface area contributed by atoms with Crippen LogP contribution in [0, 0.1) is 0 Å². The molecule has 0 fully saturated rings. The Morgan fingerprint density at radius 1 is 1.11 bits per heavy atom. The van der Waals surface area contributed by atoms with Gasteiger partial charge in [0, 0.05) is 10.6 Å². The summed E-state index contributed by atoms with van der Waals surface area (Å²) >= 11 is 6.29. The van der Waals surface area contributed by atoms with Crippen LogP contribution in [0.15, 0.2) is 36.4 Å². The van der Waals surface area contributed by atoms with Crippen molar-refractivity contribution in [2.75, 3.05) is 13.7 Å². The first-order valence-corrected chi connectivity index (χ1v) is 6.69. The van der Waals surface area contributed by atoms with Crippen molar-refractivity contribution >= 4 is 11.6 Å². The number of rotatable bonds is 2. The number of benzene rings is 2. The van der Waals surface area contributed by atoms with Gasteiger partial charge >= 0.3 is 0 Å². The van der Waals surface area contributed by atoms with E-state index in [9.17, 15) is 0 Å². The number of halogens is 1. The van der Waals surface area contributed by atoms with Crippen LogP contribution in [0.1, 0.15) is 11.1 Å². The van der Waals surface area contributed by atoms with E-state index in [1.807, 2.05) is 18.2 Å². The Labute approximate surface area is 117 Å². The monoisotopic (exact) mass is 274 g/mol. The van der Waals surface area contributed by atoms with E-state index in [0.29, 0.717) is 6.61 Å². The first kappa shape index (κ1) is 12.5. The molecule has 2 aromatic rings. The second-order valence-corrected chi connectivity index (χ2v) is 5.04. The highest BCUT2D eigenvalue weighted by atomic mass is 35.5. The van der Waals surface area contributed by atoms with Crippen LogP contribution in [0.5, 0.6) is 5.75 Å². The summed E-state index contributed by atoms with van der Waals surface area (Å²) in [4.78, 5) is 0. The molecule has 0 unspecified atom stereocenters. The van der Waals surface area contributed by atoms with Crippen molar-refractivity contribution in [3.05, 3.63) is 52.5 Å². The Morgan fingerprint density at radius 2 is 2.00 bits per heavy atom. The van der Waals surface area contributed by atoms with Gasteiger partial charge in [0.05, 0.1) is 20.3 Å². The average Bonchev–Trinajstić information content (AvgIpc) is 2.47. The largest absolute Gasteiger partial charge is 0.497 e. The van der Waals surface area contributed by atoms with Gasteiger partial charge in [0.15, 0.2) is 0 Å². The Hall–Kier alpha value is -1.51. The molecular weight excluding hydrogens is 260 g/mol. The van der Waals surface area contributed by atoms with Crippen molar-refractivity contribution in [3.8, 4) is 16.9 Å². The molecule has 0 saturated carbocycles. The number of hydrogen-bond acceptors (Lipinski definition) is 2. The maximum atomic E-state index is 6.29. The lowest BCUT2D eigenvalue weighted by molar-refractivity contribution is 0.111. The lowest BCUT2D eigenvalue weighted by atomic mass is 9.96. The molecule has 0 saturated heterocycles. The van der Waals surface area contributed by atoms with E-state index < -0.39 is 0 Å². The molecule has 0 N–H and O–H groups in total. The molecule has 2 aromatic carbocycles. The molecule has 3 rings (SSSR count). The van der Waals surface area contributed by atoms with Crippen molar-refractivity contribution in [1.29, 1.82) is 0 Å². The molecule has 0 aliphatic carbocycles. The van der Waals surface area contributed by atoms with E-state index in [2.05, 4.69) is 18.2 Å². The van der Waals surface area contributed by atoms with Crippen LogP contribution in [0.3, 0.4) is 0 Å². The summed E-state index contributed by atoms with van der Waals surface area (Å²) in [5.74, 6) is 0.820. The van der Waals surface area contributed by atoms with E-state index in [1.165, 1.54) is 11.1 Å². The van der Waals surface area contributed by atoms with Gasteiger partial charge in [0.2, 0.25) is 0 Å². The van der Waals surface area contributed by atoms with Crippen molar-refractivity contribution in [3.63, 3.8) is 0 Å². The number of methoxy groups -OCH3 is 1. The smallest absolute Gasteiger partial charge is 0.119 e. The van der Waals surface area contributed by atoms with Crippen LogP contribution < -0.4 is 4.74 Å². The molecule has 1 heterocycles. The Morgan fingerprint density at radius 3 is 2.84 bits per heavy atom. The number of fused-ring (bicyclic) bond motifs is 1. The van der Waals surface area contributed by atoms with Crippen molar-refractivity contribution < 1.29 is 9.47 Å². The highest BCUT2D eigenvalue weighted by molar-refractivity contribution is 6.33. The summed E-state index contributed by atoms with van der Waals surface area (Å²) in [6.07, 6.45) is 0.963. The molecule has 98 valence electrons. The standard InChI is InChI=1S/C16H15ClO2/c1-18-14-4-5-16(17)15(9-14)12-2-3-13-10-19-7-6-11(13)8-12/h2-5,8-9H,6-7,10H2,1H3. The minimum atomic E-state index is 0.710. The molecule has 0 amide bonds. The van der Waals surface area contributed by atoms with Gasteiger partial charge in [0.1, 0.15) is 5.75 Å². The minimum Gasteiger partial charge on any atom is -0.497 e. The molecule has 0 aromatic heterocycles. The third-order valence-corrected chi connectivity index (χ3v) is 3.79. The van der Waals surface area contributed by atoms with Crippen molar-refractivity contribution in [1.82, 2.24) is 0 Å². The first-order chi connectivity index (χ1) is 9.28. The summed E-state index contributed by atoms with van der Waals surface area (Å²) in [6.45, 7) is 1.50. The topological polar surface area (TPSA) is 18.5 Å². The number of ether oxygens (including phenoxy) is 2. The lowest BCUT2D eigenvalue weighted by Gasteiger charge is -2.17. The summed E-state index contributed by atoms with van der Waals surface area (Å²) in [5, 5.41) is 0.743. The molecule has 0 atom stereocenters. The highest BCUT2D eigenvalue weighted by Gasteiger charge is 2.12. The Balaban J connectivity index is 2.06. The minimum absolute atomic E-state index is 0.710. The van der Waals surface area contributed by atoms with E-state index in [4.69, 9.17) is 21.1 Å². The quantitative estimate of drug-likeness (QED) is 0.821. The van der Waals surface area contributed by atoms with Gasteiger partial charge in [-0.15, -0.1) is 0 Å². The highest BCUT2D eigenvalue weighted by Crippen LogP contribution is 2.33. The van der Waals surface area contributed by atoms with Gasteiger partial charge in [-0.2, -0.15) is 0 Å². The normalized spacial score (nSPS) is 14.0. The summed E-state index contributed by atoms with van der Waals surface area (Å²) < 4.78 is 10.7. The third kappa shape index (κ3) is 2.46. The van der Waals surface area contributed by atoms with Gasteiger partial charge in [-0.25, -0.2) is 0 Å². The van der Waals surface area contributed by atoms with Gasteiger partial charge in [0.25, 0.3) is 0 Å². The zero-order chi connectivity index (χ0) is 13.2. The molecule has 2 nitrogen and oxygen atoms in total. The molecule has 0 spiro atoms. The predicted molar refractivity (Wildman–Crippen MR) is 76.8 cm³/mol. The summed E-state index contributed by atoms with van der Waals surface area (Å²) in [6, 6.07) is 12.1. The van der Waals surface area contributed by atoms with E-state index in [-0.39, 0.29) is 0 Å². The SMILES string of the molecule is COc1ccc(Cl)c(-c2ccc3c(c2)CCOC3)c1. The molecule has 1 aliphatic rings. The fourth-order valence-corrected chi connectivity index (χ4v) is 2.61. The van der Waals surface area contributed by atoms with Gasteiger partial charge in [-0.05, 0) is 41.3 Å². The molecule has 0 radical (unpaired) electrons. The molecular formula is C16H15ClO2. The fourth-order valence-electron chi connectivity index (χ4n) is 2.38. The van der Waals surface area contributed by atoms with Crippen LogP contribution in [-0.2, 0) is 17.8 Å². The maximum absolute atomic E-state index is 6.29. The zero-order valence-electron chi connectivity index (χ0n) is 10.8. The zero-order valence-corrected chi connectivity index (χ0v) is 11.5. The second kappa shape index (κ2) is 5.24. The summed E-state index contributed by atoms with van der Waals surface area (Å²) in [7, 11) is 1.66. The molecule has 3 heteroatoms. The van der Waals surface area contributed by atoms with Crippen LogP contribution in [-0.4, -0.2) is 13.7 Å². The molecule has 0 bridgehead atoms. The van der Waals surface area contributed by atoms with Crippen LogP contribution in [0.25, 0.3) is 11.1 Å². The van der Waals surface area contributed by atoms with E-state index in [1.54, 1.807) is 7.11 Å². The Bertz CT molecular complexity index is 608. The van der Waals surface area contributed by atoms with Crippen LogP contribution in [0.2, 0.25) is 5.02 Å². The second-order valence-electron chi connectivity index (χ2n) is 4.63. The third-order valence-electron chi connectivity index (χ3n) is 3.46. The van der Waals surface area contributed by atoms with Gasteiger partial charge < -0.3 is 9.47 Å². The van der Waals surface area contributed by atoms with Gasteiger partial charge in [-0.3, -0.25) is 0 Å². The van der Waals surface area contributed by atoms with Crippen LogP contribution >= 0.6 is 11.6 Å². The fraction of sp³-hybridized carbons (Fsp3) is 0.250. The van der Waals surface area contributed by atoms with Gasteiger partial charge in [-0.1, -0.05) is 29.8 Å². The molecule has 1 aliphatic heterocycles. The molecule has 19 heavy (non-hydrogen) atoms. The van der Waals surface area contributed by atoms with E-state index >= 15 is 0 Å². The number of hydrogen-bond donors (Lipinski definition) is 0. The van der Waals surface area contributed by atoms with Crippen molar-refractivity contribution in [2.24, 2.45) is 0 Å². The average molecular weight is 275 g/mol. The maximum Gasteiger partial charge on any atom is 0.119 e.